The van der Waals surface area contributed by atoms with Crippen molar-refractivity contribution in [2.75, 3.05) is 0 Å². The predicted octanol–water partition coefficient (Wildman–Crippen LogP) is 3.83. The fourth-order valence-corrected chi connectivity index (χ4v) is 3.25. The molecule has 2 aromatic rings. The van der Waals surface area contributed by atoms with Gasteiger partial charge in [-0.25, -0.2) is 4.39 Å². The number of nitrogens with two attached hydrogens (primary N) is 1. The molecule has 0 atom stereocenters. The molecule has 0 spiro atoms. The lowest BCUT2D eigenvalue weighted by molar-refractivity contribution is 0.318. The van der Waals surface area contributed by atoms with Crippen LogP contribution in [0.5, 0.6) is 0 Å². The Bertz CT molecular complexity index is 666. The highest BCUT2D eigenvalue weighted by atomic mass is 32.2. The third kappa shape index (κ3) is 3.76. The van der Waals surface area contributed by atoms with E-state index in [1.807, 2.05) is 13.8 Å². The standard InChI is InChI=1S/C16H17FN2OS/c1-10-6-11(2)8-12(7-10)9-21-14-5-3-4-13(17)15(14)16(18)19-20/h3-8,20H,9H2,1-2H3,(H2,18,19). The Kier molecular flexibility index (Phi) is 4.85. The summed E-state index contributed by atoms with van der Waals surface area (Å²) in [6.45, 7) is 4.09. The van der Waals surface area contributed by atoms with Crippen molar-refractivity contribution in [2.24, 2.45) is 10.9 Å². The monoisotopic (exact) mass is 304 g/mol. The molecule has 0 unspecified atom stereocenters. The van der Waals surface area contributed by atoms with Gasteiger partial charge in [-0.05, 0) is 31.5 Å². The van der Waals surface area contributed by atoms with Gasteiger partial charge >= 0.3 is 0 Å². The number of benzene rings is 2. The van der Waals surface area contributed by atoms with Crippen molar-refractivity contribution in [3.05, 3.63) is 64.5 Å². The number of thioether (sulfide) groups is 1. The summed E-state index contributed by atoms with van der Waals surface area (Å²) in [6.07, 6.45) is 0. The molecule has 0 bridgehead atoms. The van der Waals surface area contributed by atoms with Crippen molar-refractivity contribution in [3.63, 3.8) is 0 Å². The van der Waals surface area contributed by atoms with Crippen LogP contribution < -0.4 is 5.73 Å². The molecule has 0 aromatic heterocycles. The summed E-state index contributed by atoms with van der Waals surface area (Å²) in [5, 5.41) is 11.7. The van der Waals surface area contributed by atoms with Crippen LogP contribution in [0.1, 0.15) is 22.3 Å². The van der Waals surface area contributed by atoms with Gasteiger partial charge in [0.25, 0.3) is 0 Å². The lowest BCUT2D eigenvalue weighted by Crippen LogP contribution is -2.16. The maximum absolute atomic E-state index is 13.9. The Morgan fingerprint density at radius 1 is 1.24 bits per heavy atom. The summed E-state index contributed by atoms with van der Waals surface area (Å²) in [4.78, 5) is 0.657. The maximum atomic E-state index is 13.9. The number of hydrogen-bond acceptors (Lipinski definition) is 3. The normalized spacial score (nSPS) is 11.7. The lowest BCUT2D eigenvalue weighted by Gasteiger charge is -2.10. The Morgan fingerprint density at radius 2 is 1.90 bits per heavy atom. The molecule has 0 saturated carbocycles. The summed E-state index contributed by atoms with van der Waals surface area (Å²) >= 11 is 1.46. The average molecular weight is 304 g/mol. The summed E-state index contributed by atoms with van der Waals surface area (Å²) < 4.78 is 13.9. The van der Waals surface area contributed by atoms with Gasteiger partial charge in [-0.2, -0.15) is 0 Å². The number of halogens is 1. The quantitative estimate of drug-likeness (QED) is 0.297. The van der Waals surface area contributed by atoms with E-state index in [9.17, 15) is 4.39 Å². The topological polar surface area (TPSA) is 58.6 Å². The molecule has 2 rings (SSSR count). The maximum Gasteiger partial charge on any atom is 0.174 e. The molecule has 2 aromatic carbocycles. The Morgan fingerprint density at radius 3 is 2.52 bits per heavy atom. The van der Waals surface area contributed by atoms with Gasteiger partial charge < -0.3 is 10.9 Å². The number of rotatable bonds is 4. The van der Waals surface area contributed by atoms with E-state index >= 15 is 0 Å². The molecule has 110 valence electrons. The summed E-state index contributed by atoms with van der Waals surface area (Å²) in [5.41, 5.74) is 9.26. The van der Waals surface area contributed by atoms with Gasteiger partial charge in [0.15, 0.2) is 5.84 Å². The largest absolute Gasteiger partial charge is 0.409 e. The van der Waals surface area contributed by atoms with Crippen LogP contribution in [-0.2, 0) is 5.75 Å². The fourth-order valence-electron chi connectivity index (χ4n) is 2.24. The van der Waals surface area contributed by atoms with Gasteiger partial charge in [0, 0.05) is 10.6 Å². The molecule has 5 heteroatoms. The van der Waals surface area contributed by atoms with Crippen molar-refractivity contribution in [2.45, 2.75) is 24.5 Å². The van der Waals surface area contributed by atoms with E-state index in [0.29, 0.717) is 10.6 Å². The highest BCUT2D eigenvalue weighted by Crippen LogP contribution is 2.28. The molecule has 0 aliphatic carbocycles. The molecule has 0 saturated heterocycles. The molecule has 0 amide bonds. The van der Waals surface area contributed by atoms with Crippen molar-refractivity contribution in [1.29, 1.82) is 0 Å². The molecule has 0 radical (unpaired) electrons. The van der Waals surface area contributed by atoms with E-state index in [0.717, 1.165) is 5.56 Å². The third-order valence-corrected chi connectivity index (χ3v) is 4.14. The van der Waals surface area contributed by atoms with Gasteiger partial charge in [-0.1, -0.05) is 40.5 Å². The molecular weight excluding hydrogens is 287 g/mol. The van der Waals surface area contributed by atoms with Crippen LogP contribution in [0.2, 0.25) is 0 Å². The highest BCUT2D eigenvalue weighted by Gasteiger charge is 2.13. The second kappa shape index (κ2) is 6.63. The molecule has 0 fully saturated rings. The Labute approximate surface area is 127 Å². The van der Waals surface area contributed by atoms with Crippen LogP contribution in [0.15, 0.2) is 46.4 Å². The molecule has 3 N–H and O–H groups in total. The van der Waals surface area contributed by atoms with Crippen molar-refractivity contribution in [3.8, 4) is 0 Å². The van der Waals surface area contributed by atoms with E-state index < -0.39 is 5.82 Å². The van der Waals surface area contributed by atoms with Gasteiger partial charge in [-0.3, -0.25) is 0 Å². The smallest absolute Gasteiger partial charge is 0.174 e. The van der Waals surface area contributed by atoms with Crippen LogP contribution in [0.4, 0.5) is 4.39 Å². The summed E-state index contributed by atoms with van der Waals surface area (Å²) in [7, 11) is 0. The third-order valence-electron chi connectivity index (χ3n) is 3.02. The van der Waals surface area contributed by atoms with Crippen molar-refractivity contribution in [1.82, 2.24) is 0 Å². The number of hydrogen-bond donors (Lipinski definition) is 2. The van der Waals surface area contributed by atoms with Crippen molar-refractivity contribution < 1.29 is 9.60 Å². The second-order valence-electron chi connectivity index (χ2n) is 4.88. The number of nitrogens with zero attached hydrogens (tertiary/aromatic N) is 1. The summed E-state index contributed by atoms with van der Waals surface area (Å²) in [5.74, 6) is -0.00994. The second-order valence-corrected chi connectivity index (χ2v) is 5.90. The number of oxime groups is 1. The lowest BCUT2D eigenvalue weighted by atomic mass is 10.1. The Balaban J connectivity index is 2.26. The number of aryl methyl sites for hydroxylation is 2. The van der Waals surface area contributed by atoms with Gasteiger partial charge in [-0.15, -0.1) is 11.8 Å². The van der Waals surface area contributed by atoms with E-state index in [1.165, 1.54) is 29.0 Å². The SMILES string of the molecule is Cc1cc(C)cc(CSc2cccc(F)c2/C(N)=N/O)c1. The average Bonchev–Trinajstić information content (AvgIpc) is 2.43. The van der Waals surface area contributed by atoms with E-state index in [1.54, 1.807) is 12.1 Å². The zero-order valence-electron chi connectivity index (χ0n) is 11.9. The van der Waals surface area contributed by atoms with Gasteiger partial charge in [0.05, 0.1) is 5.56 Å². The molecule has 0 aliphatic heterocycles. The highest BCUT2D eigenvalue weighted by molar-refractivity contribution is 7.98. The zero-order chi connectivity index (χ0) is 15.4. The minimum atomic E-state index is -0.490. The van der Waals surface area contributed by atoms with Crippen LogP contribution in [-0.4, -0.2) is 11.0 Å². The molecule has 0 aliphatic rings. The first-order chi connectivity index (χ1) is 10.0. The van der Waals surface area contributed by atoms with Crippen molar-refractivity contribution >= 4 is 17.6 Å². The predicted molar refractivity (Wildman–Crippen MR) is 84.4 cm³/mol. The van der Waals surface area contributed by atoms with Crippen LogP contribution in [0.3, 0.4) is 0 Å². The van der Waals surface area contributed by atoms with E-state index in [2.05, 4.69) is 23.4 Å². The van der Waals surface area contributed by atoms with E-state index in [-0.39, 0.29) is 11.4 Å². The minimum absolute atomic E-state index is 0.148. The molecule has 3 nitrogen and oxygen atoms in total. The minimum Gasteiger partial charge on any atom is -0.409 e. The van der Waals surface area contributed by atoms with Crippen LogP contribution >= 0.6 is 11.8 Å². The molecular formula is C16H17FN2OS. The zero-order valence-corrected chi connectivity index (χ0v) is 12.7. The summed E-state index contributed by atoms with van der Waals surface area (Å²) in [6, 6.07) is 11.0. The first kappa shape index (κ1) is 15.4. The number of amidine groups is 1. The van der Waals surface area contributed by atoms with Crippen LogP contribution in [0, 0.1) is 19.7 Å². The molecule has 0 heterocycles. The van der Waals surface area contributed by atoms with Gasteiger partial charge in [0.1, 0.15) is 5.82 Å². The first-order valence-electron chi connectivity index (χ1n) is 6.47. The fraction of sp³-hybridized carbons (Fsp3) is 0.188. The molecule has 21 heavy (non-hydrogen) atoms. The Hall–Kier alpha value is -2.01. The van der Waals surface area contributed by atoms with E-state index in [4.69, 9.17) is 10.9 Å². The first-order valence-corrected chi connectivity index (χ1v) is 7.46. The van der Waals surface area contributed by atoms with Gasteiger partial charge in [0.2, 0.25) is 0 Å². The van der Waals surface area contributed by atoms with Crippen LogP contribution in [0.25, 0.3) is 0 Å².